The Morgan fingerprint density at radius 1 is 0.821 bits per heavy atom. The van der Waals surface area contributed by atoms with Gasteiger partial charge in [0, 0.05) is 35.2 Å². The molecule has 39 heavy (non-hydrogen) atoms. The maximum atomic E-state index is 14.7. The molecule has 0 radical (unpaired) electrons. The Bertz CT molecular complexity index is 1320. The van der Waals surface area contributed by atoms with Crippen molar-refractivity contribution in [1.82, 2.24) is 4.90 Å². The summed E-state index contributed by atoms with van der Waals surface area (Å²) in [5.74, 6) is -1.50. The van der Waals surface area contributed by atoms with Gasteiger partial charge in [0.1, 0.15) is 0 Å². The van der Waals surface area contributed by atoms with Crippen molar-refractivity contribution in [3.05, 3.63) is 102 Å². The summed E-state index contributed by atoms with van der Waals surface area (Å²) in [4.78, 5) is 45.3. The SMILES string of the molecule is CCCCCC(=O)N1C(CCCC)C(c2ccccc2)C(C(=O)c2ccccc2)C12C(=O)Nc1ccccc12. The molecule has 4 unspecified atom stereocenters. The topological polar surface area (TPSA) is 66.5 Å². The van der Waals surface area contributed by atoms with Crippen molar-refractivity contribution >= 4 is 23.3 Å². The van der Waals surface area contributed by atoms with E-state index in [1.165, 1.54) is 0 Å². The van der Waals surface area contributed by atoms with E-state index in [0.717, 1.165) is 49.7 Å². The number of likely N-dealkylation sites (tertiary alicyclic amines) is 1. The van der Waals surface area contributed by atoms with Crippen LogP contribution in [0.2, 0.25) is 0 Å². The molecule has 5 heteroatoms. The van der Waals surface area contributed by atoms with E-state index in [2.05, 4.69) is 19.2 Å². The molecule has 2 heterocycles. The number of fused-ring (bicyclic) bond motifs is 2. The summed E-state index contributed by atoms with van der Waals surface area (Å²) in [5.41, 5.74) is 1.56. The smallest absolute Gasteiger partial charge is 0.255 e. The maximum Gasteiger partial charge on any atom is 0.255 e. The number of nitrogens with zero attached hydrogens (tertiary/aromatic N) is 1. The number of hydrogen-bond acceptors (Lipinski definition) is 3. The van der Waals surface area contributed by atoms with Gasteiger partial charge in [0.05, 0.1) is 5.92 Å². The Balaban J connectivity index is 1.79. The van der Waals surface area contributed by atoms with Gasteiger partial charge in [-0.25, -0.2) is 0 Å². The fourth-order valence-electron chi connectivity index (χ4n) is 6.84. The van der Waals surface area contributed by atoms with Crippen molar-refractivity contribution in [2.45, 2.75) is 76.3 Å². The van der Waals surface area contributed by atoms with Gasteiger partial charge in [-0.05, 0) is 24.5 Å². The van der Waals surface area contributed by atoms with Gasteiger partial charge in [-0.15, -0.1) is 0 Å². The molecule has 1 spiro atoms. The van der Waals surface area contributed by atoms with Gasteiger partial charge in [-0.1, -0.05) is 118 Å². The van der Waals surface area contributed by atoms with Crippen LogP contribution in [0.3, 0.4) is 0 Å². The molecule has 2 amide bonds. The first-order valence-electron chi connectivity index (χ1n) is 14.4. The first-order chi connectivity index (χ1) is 19.1. The molecule has 5 rings (SSSR count). The number of nitrogens with one attached hydrogen (secondary N) is 1. The molecule has 5 nitrogen and oxygen atoms in total. The molecule has 0 aliphatic carbocycles. The van der Waals surface area contributed by atoms with Gasteiger partial charge in [-0.2, -0.15) is 0 Å². The quantitative estimate of drug-likeness (QED) is 0.228. The number of amides is 2. The number of benzene rings is 3. The van der Waals surface area contributed by atoms with Crippen molar-refractivity contribution in [1.29, 1.82) is 0 Å². The lowest BCUT2D eigenvalue weighted by Crippen LogP contribution is -2.56. The van der Waals surface area contributed by atoms with Crippen LogP contribution in [-0.4, -0.2) is 28.5 Å². The van der Waals surface area contributed by atoms with Gasteiger partial charge in [0.25, 0.3) is 5.91 Å². The molecule has 1 saturated heterocycles. The molecule has 3 aromatic rings. The van der Waals surface area contributed by atoms with E-state index in [0.29, 0.717) is 17.7 Å². The van der Waals surface area contributed by atoms with E-state index in [9.17, 15) is 14.4 Å². The van der Waals surface area contributed by atoms with Crippen LogP contribution in [0.4, 0.5) is 5.69 Å². The normalized spacial score (nSPS) is 23.6. The summed E-state index contributed by atoms with van der Waals surface area (Å²) in [7, 11) is 0. The van der Waals surface area contributed by atoms with Crippen molar-refractivity contribution < 1.29 is 14.4 Å². The van der Waals surface area contributed by atoms with Gasteiger partial charge in [-0.3, -0.25) is 14.4 Å². The Morgan fingerprint density at radius 2 is 1.46 bits per heavy atom. The minimum absolute atomic E-state index is 0.0410. The zero-order valence-corrected chi connectivity index (χ0v) is 22.9. The predicted molar refractivity (Wildman–Crippen MR) is 154 cm³/mol. The Kier molecular flexibility index (Phi) is 7.97. The van der Waals surface area contributed by atoms with Crippen LogP contribution in [0, 0.1) is 5.92 Å². The fraction of sp³-hybridized carbons (Fsp3) is 0.382. The molecule has 3 aromatic carbocycles. The van der Waals surface area contributed by atoms with Gasteiger partial charge in [0.2, 0.25) is 5.91 Å². The van der Waals surface area contributed by atoms with Crippen LogP contribution in [0.25, 0.3) is 0 Å². The predicted octanol–water partition coefficient (Wildman–Crippen LogP) is 7.10. The number of carbonyl (C=O) groups excluding carboxylic acids is 3. The number of hydrogen-bond donors (Lipinski definition) is 1. The minimum Gasteiger partial charge on any atom is -0.323 e. The number of anilines is 1. The zero-order valence-electron chi connectivity index (χ0n) is 22.9. The summed E-state index contributed by atoms with van der Waals surface area (Å²) in [5, 5.41) is 3.08. The standard InChI is InChI=1S/C34H38N2O3/c1-3-5-9-23-29(37)36-28(22-6-4-2)30(24-16-10-7-11-17-24)31(32(38)25-18-12-8-13-19-25)34(36)26-20-14-15-21-27(26)35-33(34)39/h7-8,10-21,28,30-31H,3-6,9,22-23H2,1-2H3,(H,35,39). The van der Waals surface area contributed by atoms with Crippen molar-refractivity contribution in [2.75, 3.05) is 5.32 Å². The molecule has 1 N–H and O–H groups in total. The molecule has 2 aliphatic heterocycles. The average Bonchev–Trinajstić information content (AvgIpc) is 3.44. The third-order valence-electron chi connectivity index (χ3n) is 8.51. The fourth-order valence-corrected chi connectivity index (χ4v) is 6.84. The summed E-state index contributed by atoms with van der Waals surface area (Å²) in [6, 6.07) is 26.6. The summed E-state index contributed by atoms with van der Waals surface area (Å²) in [6.07, 6.45) is 5.67. The van der Waals surface area contributed by atoms with Gasteiger partial charge in [0.15, 0.2) is 11.3 Å². The van der Waals surface area contributed by atoms with Crippen LogP contribution >= 0.6 is 0 Å². The average molecular weight is 523 g/mol. The molecular formula is C34H38N2O3. The van der Waals surface area contributed by atoms with E-state index in [4.69, 9.17) is 0 Å². The van der Waals surface area contributed by atoms with E-state index in [1.54, 1.807) is 0 Å². The van der Waals surface area contributed by atoms with Crippen LogP contribution in [-0.2, 0) is 15.1 Å². The third-order valence-corrected chi connectivity index (χ3v) is 8.51. The molecule has 4 atom stereocenters. The second-order valence-corrected chi connectivity index (χ2v) is 10.8. The largest absolute Gasteiger partial charge is 0.323 e. The lowest BCUT2D eigenvalue weighted by Gasteiger charge is -2.39. The lowest BCUT2D eigenvalue weighted by molar-refractivity contribution is -0.146. The van der Waals surface area contributed by atoms with E-state index in [1.807, 2.05) is 89.8 Å². The highest BCUT2D eigenvalue weighted by Crippen LogP contribution is 2.60. The summed E-state index contributed by atoms with van der Waals surface area (Å²) < 4.78 is 0. The van der Waals surface area contributed by atoms with E-state index >= 15 is 0 Å². The lowest BCUT2D eigenvalue weighted by atomic mass is 9.69. The number of carbonyl (C=O) groups is 3. The first-order valence-corrected chi connectivity index (χ1v) is 14.4. The molecule has 0 bridgehead atoms. The molecular weight excluding hydrogens is 484 g/mol. The minimum atomic E-state index is -1.41. The van der Waals surface area contributed by atoms with Crippen LogP contribution in [0.1, 0.15) is 86.2 Å². The second-order valence-electron chi connectivity index (χ2n) is 10.8. The van der Waals surface area contributed by atoms with Crippen molar-refractivity contribution in [3.63, 3.8) is 0 Å². The molecule has 1 fully saturated rings. The van der Waals surface area contributed by atoms with Crippen LogP contribution in [0.5, 0.6) is 0 Å². The Morgan fingerprint density at radius 3 is 2.15 bits per heavy atom. The Labute approximate surface area is 231 Å². The number of Topliss-reactive ketones (excluding diaryl/α,β-unsaturated/α-hetero) is 1. The number of para-hydroxylation sites is 1. The number of unbranched alkanes of at least 4 members (excludes halogenated alkanes) is 3. The van der Waals surface area contributed by atoms with E-state index < -0.39 is 11.5 Å². The maximum absolute atomic E-state index is 14.7. The highest BCUT2D eigenvalue weighted by atomic mass is 16.2. The number of rotatable bonds is 10. The third kappa shape index (κ3) is 4.58. The van der Waals surface area contributed by atoms with E-state index in [-0.39, 0.29) is 29.6 Å². The highest BCUT2D eigenvalue weighted by Gasteiger charge is 2.69. The summed E-state index contributed by atoms with van der Waals surface area (Å²) >= 11 is 0. The van der Waals surface area contributed by atoms with Crippen molar-refractivity contribution in [2.24, 2.45) is 5.92 Å². The monoisotopic (exact) mass is 522 g/mol. The molecule has 0 aromatic heterocycles. The van der Waals surface area contributed by atoms with Gasteiger partial charge < -0.3 is 10.2 Å². The molecule has 0 saturated carbocycles. The first kappa shape index (κ1) is 26.9. The molecule has 2 aliphatic rings. The van der Waals surface area contributed by atoms with Gasteiger partial charge >= 0.3 is 0 Å². The van der Waals surface area contributed by atoms with Crippen LogP contribution in [0.15, 0.2) is 84.9 Å². The van der Waals surface area contributed by atoms with Crippen LogP contribution < -0.4 is 5.32 Å². The van der Waals surface area contributed by atoms with Crippen molar-refractivity contribution in [3.8, 4) is 0 Å². The summed E-state index contributed by atoms with van der Waals surface area (Å²) in [6.45, 7) is 4.26. The molecule has 202 valence electrons. The number of ketones is 1. The zero-order chi connectivity index (χ0) is 27.4. The highest BCUT2D eigenvalue weighted by molar-refractivity contribution is 6.14. The Hall–Kier alpha value is -3.73. The second kappa shape index (κ2) is 11.6.